The molecule has 11 aromatic rings. The molecule has 0 radical (unpaired) electrons. The molecule has 0 N–H and O–H groups in total. The van der Waals surface area contributed by atoms with Gasteiger partial charge in [0.2, 0.25) is 0 Å². The normalized spacial score (nSPS) is 11.3. The van der Waals surface area contributed by atoms with Crippen molar-refractivity contribution in [3.63, 3.8) is 0 Å². The zero-order valence-electron chi connectivity index (χ0n) is 32.9. The average Bonchev–Trinajstić information content (AvgIpc) is 3.72. The lowest BCUT2D eigenvalue weighted by Crippen LogP contribution is -2.11. The molecule has 0 spiro atoms. The summed E-state index contributed by atoms with van der Waals surface area (Å²) in [5, 5.41) is 4.70. The van der Waals surface area contributed by atoms with E-state index in [9.17, 15) is 0 Å². The number of fused-ring (bicyclic) bond motifs is 4. The van der Waals surface area contributed by atoms with Gasteiger partial charge in [-0.05, 0) is 103 Å². The van der Waals surface area contributed by atoms with Crippen molar-refractivity contribution in [3.8, 4) is 55.6 Å². The number of furan rings is 1. The summed E-state index contributed by atoms with van der Waals surface area (Å²) in [7, 11) is 0. The van der Waals surface area contributed by atoms with E-state index in [1.807, 2.05) is 12.1 Å². The minimum Gasteiger partial charge on any atom is -0.456 e. The van der Waals surface area contributed by atoms with E-state index in [4.69, 9.17) is 4.42 Å². The molecule has 10 aromatic carbocycles. The topological polar surface area (TPSA) is 16.4 Å². The fourth-order valence-electron chi connectivity index (χ4n) is 8.77. The Morgan fingerprint density at radius 3 is 1.57 bits per heavy atom. The fraction of sp³-hybridized carbons (Fsp3) is 0. The number of rotatable bonds is 8. The number of hydrogen-bond acceptors (Lipinski definition) is 2. The van der Waals surface area contributed by atoms with Gasteiger partial charge in [-0.15, -0.1) is 0 Å². The first kappa shape index (κ1) is 35.2. The molecule has 0 unspecified atom stereocenters. The zero-order valence-corrected chi connectivity index (χ0v) is 32.9. The standard InChI is InChI=1S/C58H39NO/c1-3-14-40(15-4-1)41-28-30-42(31-29-41)43-32-35-48(36-33-43)59(49-21-11-20-46(38-49)53-25-13-27-57-58(53)54-23-9-10-26-56(54)60-57)55-39-47(34-37-52(55)45-16-5-2-6-17-45)51-24-12-19-44-18-7-8-22-50(44)51/h1-39H. The van der Waals surface area contributed by atoms with Gasteiger partial charge in [-0.25, -0.2) is 0 Å². The zero-order chi connectivity index (χ0) is 39.8. The number of benzene rings is 10. The Kier molecular flexibility index (Phi) is 8.87. The summed E-state index contributed by atoms with van der Waals surface area (Å²) in [6, 6.07) is 85.0. The second kappa shape index (κ2) is 15.1. The Morgan fingerprint density at radius 2 is 0.800 bits per heavy atom. The van der Waals surface area contributed by atoms with Crippen LogP contribution in [0.3, 0.4) is 0 Å². The van der Waals surface area contributed by atoms with Gasteiger partial charge in [0.15, 0.2) is 0 Å². The Bertz CT molecular complexity index is 3290. The fourth-order valence-corrected chi connectivity index (χ4v) is 8.77. The molecule has 0 amide bonds. The first-order chi connectivity index (χ1) is 29.7. The summed E-state index contributed by atoms with van der Waals surface area (Å²) in [6.07, 6.45) is 0. The van der Waals surface area contributed by atoms with Crippen LogP contribution in [0.2, 0.25) is 0 Å². The van der Waals surface area contributed by atoms with Gasteiger partial charge in [-0.2, -0.15) is 0 Å². The highest BCUT2D eigenvalue weighted by Crippen LogP contribution is 2.46. The van der Waals surface area contributed by atoms with Crippen molar-refractivity contribution >= 4 is 49.8 Å². The summed E-state index contributed by atoms with van der Waals surface area (Å²) < 4.78 is 6.35. The third kappa shape index (κ3) is 6.41. The van der Waals surface area contributed by atoms with Crippen LogP contribution in [0, 0.1) is 0 Å². The summed E-state index contributed by atoms with van der Waals surface area (Å²) in [5.41, 5.74) is 16.7. The molecule has 0 saturated carbocycles. The molecule has 0 atom stereocenters. The van der Waals surface area contributed by atoms with Crippen molar-refractivity contribution in [1.29, 1.82) is 0 Å². The minimum absolute atomic E-state index is 0.887. The monoisotopic (exact) mass is 765 g/mol. The van der Waals surface area contributed by atoms with E-state index >= 15 is 0 Å². The molecule has 282 valence electrons. The quantitative estimate of drug-likeness (QED) is 0.153. The predicted octanol–water partition coefficient (Wildman–Crippen LogP) is 16.5. The largest absolute Gasteiger partial charge is 0.456 e. The maximum absolute atomic E-state index is 6.35. The minimum atomic E-state index is 0.887. The summed E-state index contributed by atoms with van der Waals surface area (Å²) in [4.78, 5) is 2.43. The van der Waals surface area contributed by atoms with Crippen molar-refractivity contribution in [2.75, 3.05) is 4.90 Å². The average molecular weight is 766 g/mol. The van der Waals surface area contributed by atoms with Crippen molar-refractivity contribution in [1.82, 2.24) is 0 Å². The molecule has 0 fully saturated rings. The highest BCUT2D eigenvalue weighted by molar-refractivity contribution is 6.12. The smallest absolute Gasteiger partial charge is 0.136 e. The van der Waals surface area contributed by atoms with E-state index in [-0.39, 0.29) is 0 Å². The lowest BCUT2D eigenvalue weighted by Gasteiger charge is -2.29. The molecule has 1 aromatic heterocycles. The maximum Gasteiger partial charge on any atom is 0.136 e. The van der Waals surface area contributed by atoms with Gasteiger partial charge in [-0.3, -0.25) is 0 Å². The molecule has 0 saturated heterocycles. The van der Waals surface area contributed by atoms with Gasteiger partial charge in [0, 0.05) is 27.7 Å². The van der Waals surface area contributed by atoms with Crippen LogP contribution in [0.4, 0.5) is 17.1 Å². The maximum atomic E-state index is 6.35. The number of para-hydroxylation sites is 1. The third-order valence-electron chi connectivity index (χ3n) is 11.7. The van der Waals surface area contributed by atoms with E-state index in [0.29, 0.717) is 0 Å². The predicted molar refractivity (Wildman–Crippen MR) is 253 cm³/mol. The van der Waals surface area contributed by atoms with Gasteiger partial charge in [0.25, 0.3) is 0 Å². The number of nitrogens with zero attached hydrogens (tertiary/aromatic N) is 1. The molecular formula is C58H39NO. The summed E-state index contributed by atoms with van der Waals surface area (Å²) in [6.45, 7) is 0. The van der Waals surface area contributed by atoms with Gasteiger partial charge < -0.3 is 9.32 Å². The molecule has 60 heavy (non-hydrogen) atoms. The van der Waals surface area contributed by atoms with Crippen molar-refractivity contribution < 1.29 is 4.42 Å². The van der Waals surface area contributed by atoms with Crippen LogP contribution in [0.15, 0.2) is 241 Å². The number of hydrogen-bond donors (Lipinski definition) is 0. The van der Waals surface area contributed by atoms with Crippen LogP contribution in [0.25, 0.3) is 88.3 Å². The lowest BCUT2D eigenvalue weighted by atomic mass is 9.93. The van der Waals surface area contributed by atoms with Crippen molar-refractivity contribution in [3.05, 3.63) is 237 Å². The number of anilines is 3. The third-order valence-corrected chi connectivity index (χ3v) is 11.7. The van der Waals surface area contributed by atoms with E-state index in [1.54, 1.807) is 0 Å². The van der Waals surface area contributed by atoms with E-state index in [0.717, 1.165) is 66.8 Å². The molecule has 0 aliphatic rings. The second-order valence-corrected chi connectivity index (χ2v) is 15.3. The van der Waals surface area contributed by atoms with Crippen molar-refractivity contribution in [2.24, 2.45) is 0 Å². The van der Waals surface area contributed by atoms with Crippen LogP contribution in [0.5, 0.6) is 0 Å². The first-order valence-corrected chi connectivity index (χ1v) is 20.5. The van der Waals surface area contributed by atoms with E-state index in [2.05, 4.69) is 229 Å². The Morgan fingerprint density at radius 1 is 0.283 bits per heavy atom. The van der Waals surface area contributed by atoms with E-state index in [1.165, 1.54) is 38.6 Å². The van der Waals surface area contributed by atoms with Gasteiger partial charge in [0.05, 0.1) is 5.69 Å². The highest BCUT2D eigenvalue weighted by Gasteiger charge is 2.21. The van der Waals surface area contributed by atoms with Gasteiger partial charge >= 0.3 is 0 Å². The second-order valence-electron chi connectivity index (χ2n) is 15.3. The molecular weight excluding hydrogens is 727 g/mol. The molecule has 2 nitrogen and oxygen atoms in total. The summed E-state index contributed by atoms with van der Waals surface area (Å²) in [5.74, 6) is 0. The molecule has 0 aliphatic carbocycles. The SMILES string of the molecule is c1ccc(-c2ccc(-c3ccc(N(c4cccc(-c5cccc6oc7ccccc7c56)c4)c4cc(-c5cccc6ccccc56)ccc4-c4ccccc4)cc3)cc2)cc1. The molecule has 11 rings (SSSR count). The highest BCUT2D eigenvalue weighted by atomic mass is 16.3. The van der Waals surface area contributed by atoms with Crippen LogP contribution in [-0.4, -0.2) is 0 Å². The van der Waals surface area contributed by atoms with Crippen LogP contribution in [0.1, 0.15) is 0 Å². The lowest BCUT2D eigenvalue weighted by molar-refractivity contribution is 0.669. The summed E-state index contributed by atoms with van der Waals surface area (Å²) >= 11 is 0. The van der Waals surface area contributed by atoms with Crippen LogP contribution < -0.4 is 4.90 Å². The van der Waals surface area contributed by atoms with Crippen molar-refractivity contribution in [2.45, 2.75) is 0 Å². The Balaban J connectivity index is 1.10. The Hall–Kier alpha value is -7.94. The van der Waals surface area contributed by atoms with Crippen LogP contribution >= 0.6 is 0 Å². The van der Waals surface area contributed by atoms with Crippen LogP contribution in [-0.2, 0) is 0 Å². The molecule has 2 heteroatoms. The van der Waals surface area contributed by atoms with E-state index < -0.39 is 0 Å². The molecule has 0 aliphatic heterocycles. The van der Waals surface area contributed by atoms with Gasteiger partial charge in [-0.1, -0.05) is 194 Å². The van der Waals surface area contributed by atoms with Gasteiger partial charge in [0.1, 0.15) is 11.2 Å². The molecule has 0 bridgehead atoms. The Labute approximate surface area is 349 Å². The molecule has 1 heterocycles. The first-order valence-electron chi connectivity index (χ1n) is 20.5.